The van der Waals surface area contributed by atoms with Crippen molar-refractivity contribution in [1.29, 1.82) is 0 Å². The lowest BCUT2D eigenvalue weighted by Gasteiger charge is -2.38. The van der Waals surface area contributed by atoms with Gasteiger partial charge >= 0.3 is 5.97 Å². The van der Waals surface area contributed by atoms with Crippen LogP contribution in [0.4, 0.5) is 4.39 Å². The Morgan fingerprint density at radius 2 is 2.06 bits per heavy atom. The Bertz CT molecular complexity index is 385. The standard InChI is InChI=1S/C13H16FNO2/c1-17-13(16)6-11-8-15(9-11)7-10-2-4-12(14)5-3-10/h2-5,11H,6-9H2,1H3. The normalized spacial score (nSPS) is 16.6. The molecule has 1 saturated heterocycles. The van der Waals surface area contributed by atoms with E-state index in [4.69, 9.17) is 0 Å². The highest BCUT2D eigenvalue weighted by molar-refractivity contribution is 5.69. The predicted octanol–water partition coefficient (Wildman–Crippen LogP) is 1.82. The number of hydrogen-bond acceptors (Lipinski definition) is 3. The quantitative estimate of drug-likeness (QED) is 0.748. The molecule has 0 unspecified atom stereocenters. The van der Waals surface area contributed by atoms with Gasteiger partial charge in [-0.1, -0.05) is 12.1 Å². The summed E-state index contributed by atoms with van der Waals surface area (Å²) in [6, 6.07) is 6.54. The van der Waals surface area contributed by atoms with Crippen LogP contribution in [0.15, 0.2) is 24.3 Å². The smallest absolute Gasteiger partial charge is 0.305 e. The lowest BCUT2D eigenvalue weighted by molar-refractivity contribution is -0.143. The Morgan fingerprint density at radius 3 is 2.65 bits per heavy atom. The van der Waals surface area contributed by atoms with Gasteiger partial charge in [0, 0.05) is 19.6 Å². The third-order valence-electron chi connectivity index (χ3n) is 3.04. The van der Waals surface area contributed by atoms with Crippen LogP contribution in [0.3, 0.4) is 0 Å². The zero-order valence-corrected chi connectivity index (χ0v) is 9.86. The zero-order chi connectivity index (χ0) is 12.3. The van der Waals surface area contributed by atoms with Gasteiger partial charge in [0.25, 0.3) is 0 Å². The number of benzene rings is 1. The van der Waals surface area contributed by atoms with Crippen molar-refractivity contribution in [2.75, 3.05) is 20.2 Å². The van der Waals surface area contributed by atoms with Gasteiger partial charge in [0.05, 0.1) is 13.5 Å². The molecule has 0 N–H and O–H groups in total. The molecule has 1 aromatic carbocycles. The number of hydrogen-bond donors (Lipinski definition) is 0. The summed E-state index contributed by atoms with van der Waals surface area (Å²) in [5.41, 5.74) is 1.10. The van der Waals surface area contributed by atoms with E-state index in [9.17, 15) is 9.18 Å². The fourth-order valence-corrected chi connectivity index (χ4v) is 2.10. The lowest BCUT2D eigenvalue weighted by atomic mass is 9.96. The van der Waals surface area contributed by atoms with Gasteiger partial charge in [-0.05, 0) is 23.6 Å². The van der Waals surface area contributed by atoms with Crippen molar-refractivity contribution < 1.29 is 13.9 Å². The van der Waals surface area contributed by atoms with Crippen LogP contribution >= 0.6 is 0 Å². The second-order valence-electron chi connectivity index (χ2n) is 4.47. The van der Waals surface area contributed by atoms with Crippen LogP contribution in [0, 0.1) is 11.7 Å². The van der Waals surface area contributed by atoms with Crippen molar-refractivity contribution in [3.63, 3.8) is 0 Å². The maximum atomic E-state index is 12.7. The SMILES string of the molecule is COC(=O)CC1CN(Cc2ccc(F)cc2)C1. The van der Waals surface area contributed by atoms with Crippen LogP contribution in [0.1, 0.15) is 12.0 Å². The first kappa shape index (κ1) is 12.0. The first-order valence-corrected chi connectivity index (χ1v) is 5.71. The van der Waals surface area contributed by atoms with Gasteiger partial charge in [0.15, 0.2) is 0 Å². The summed E-state index contributed by atoms with van der Waals surface area (Å²) in [5.74, 6) is 0.0558. The number of carbonyl (C=O) groups is 1. The fourth-order valence-electron chi connectivity index (χ4n) is 2.10. The zero-order valence-electron chi connectivity index (χ0n) is 9.86. The van der Waals surface area contributed by atoms with E-state index in [2.05, 4.69) is 9.64 Å². The van der Waals surface area contributed by atoms with E-state index in [-0.39, 0.29) is 11.8 Å². The third-order valence-corrected chi connectivity index (χ3v) is 3.04. The van der Waals surface area contributed by atoms with Crippen LogP contribution in [0.2, 0.25) is 0 Å². The van der Waals surface area contributed by atoms with Gasteiger partial charge in [0.2, 0.25) is 0 Å². The number of ether oxygens (including phenoxy) is 1. The average molecular weight is 237 g/mol. The van der Waals surface area contributed by atoms with Crippen molar-refractivity contribution in [3.8, 4) is 0 Å². The molecular formula is C13H16FNO2. The summed E-state index contributed by atoms with van der Waals surface area (Å²) in [6.45, 7) is 2.64. The summed E-state index contributed by atoms with van der Waals surface area (Å²) >= 11 is 0. The van der Waals surface area contributed by atoms with E-state index in [1.54, 1.807) is 12.1 Å². The number of halogens is 1. The summed E-state index contributed by atoms with van der Waals surface area (Å²) in [7, 11) is 1.41. The van der Waals surface area contributed by atoms with Gasteiger partial charge in [-0.15, -0.1) is 0 Å². The Hall–Kier alpha value is -1.42. The first-order chi connectivity index (χ1) is 8.17. The van der Waals surface area contributed by atoms with Crippen molar-refractivity contribution in [3.05, 3.63) is 35.6 Å². The topological polar surface area (TPSA) is 29.5 Å². The molecule has 1 fully saturated rings. The van der Waals surface area contributed by atoms with Crippen LogP contribution in [-0.2, 0) is 16.1 Å². The molecule has 0 spiro atoms. The number of methoxy groups -OCH3 is 1. The van der Waals surface area contributed by atoms with Crippen molar-refractivity contribution in [2.45, 2.75) is 13.0 Å². The fraction of sp³-hybridized carbons (Fsp3) is 0.462. The second-order valence-corrected chi connectivity index (χ2v) is 4.47. The lowest BCUT2D eigenvalue weighted by Crippen LogP contribution is -2.46. The van der Waals surface area contributed by atoms with E-state index >= 15 is 0 Å². The molecule has 0 aromatic heterocycles. The number of rotatable bonds is 4. The van der Waals surface area contributed by atoms with E-state index in [0.29, 0.717) is 12.3 Å². The van der Waals surface area contributed by atoms with E-state index in [1.807, 2.05) is 0 Å². The van der Waals surface area contributed by atoms with Crippen LogP contribution in [-0.4, -0.2) is 31.1 Å². The third kappa shape index (κ3) is 3.27. The molecule has 1 aliphatic heterocycles. The first-order valence-electron chi connectivity index (χ1n) is 5.71. The van der Waals surface area contributed by atoms with E-state index < -0.39 is 0 Å². The molecule has 1 aromatic rings. The predicted molar refractivity (Wildman–Crippen MR) is 61.8 cm³/mol. The Morgan fingerprint density at radius 1 is 1.41 bits per heavy atom. The number of nitrogens with zero attached hydrogens (tertiary/aromatic N) is 1. The van der Waals surface area contributed by atoms with Gasteiger partial charge in [0.1, 0.15) is 5.82 Å². The number of esters is 1. The molecular weight excluding hydrogens is 221 g/mol. The summed E-state index contributed by atoms with van der Waals surface area (Å²) in [4.78, 5) is 13.3. The molecule has 0 amide bonds. The van der Waals surface area contributed by atoms with Crippen LogP contribution in [0.5, 0.6) is 0 Å². The second kappa shape index (κ2) is 5.27. The maximum absolute atomic E-state index is 12.7. The molecule has 2 rings (SSSR count). The summed E-state index contributed by atoms with van der Waals surface area (Å²) in [6.07, 6.45) is 0.496. The van der Waals surface area contributed by atoms with E-state index in [1.165, 1.54) is 19.2 Å². The van der Waals surface area contributed by atoms with Crippen molar-refractivity contribution >= 4 is 5.97 Å². The molecule has 0 bridgehead atoms. The van der Waals surface area contributed by atoms with Gasteiger partial charge in [-0.25, -0.2) is 4.39 Å². The van der Waals surface area contributed by atoms with Gasteiger partial charge in [-0.2, -0.15) is 0 Å². The molecule has 1 heterocycles. The molecule has 17 heavy (non-hydrogen) atoms. The van der Waals surface area contributed by atoms with Crippen molar-refractivity contribution in [2.24, 2.45) is 5.92 Å². The highest BCUT2D eigenvalue weighted by atomic mass is 19.1. The minimum Gasteiger partial charge on any atom is -0.469 e. The molecule has 3 nitrogen and oxygen atoms in total. The maximum Gasteiger partial charge on any atom is 0.305 e. The molecule has 0 aliphatic carbocycles. The van der Waals surface area contributed by atoms with Crippen LogP contribution in [0.25, 0.3) is 0 Å². The molecule has 1 aliphatic rings. The van der Waals surface area contributed by atoms with Gasteiger partial charge in [-0.3, -0.25) is 9.69 Å². The Labute approximate surface area is 100 Å². The monoisotopic (exact) mass is 237 g/mol. The Balaban J connectivity index is 1.73. The molecule has 0 radical (unpaired) electrons. The average Bonchev–Trinajstić information content (AvgIpc) is 2.28. The van der Waals surface area contributed by atoms with E-state index in [0.717, 1.165) is 25.2 Å². The minimum absolute atomic E-state index is 0.142. The summed E-state index contributed by atoms with van der Waals surface area (Å²) < 4.78 is 17.3. The summed E-state index contributed by atoms with van der Waals surface area (Å²) in [5, 5.41) is 0. The number of carbonyl (C=O) groups excluding carboxylic acids is 1. The van der Waals surface area contributed by atoms with Gasteiger partial charge < -0.3 is 4.74 Å². The Kier molecular flexibility index (Phi) is 3.74. The highest BCUT2D eigenvalue weighted by Gasteiger charge is 2.28. The molecule has 92 valence electrons. The minimum atomic E-state index is -0.207. The molecule has 0 saturated carbocycles. The van der Waals surface area contributed by atoms with Crippen LogP contribution < -0.4 is 0 Å². The molecule has 4 heteroatoms. The van der Waals surface area contributed by atoms with Crippen molar-refractivity contribution in [1.82, 2.24) is 4.90 Å². The number of likely N-dealkylation sites (tertiary alicyclic amines) is 1. The largest absolute Gasteiger partial charge is 0.469 e. The molecule has 0 atom stereocenters. The highest BCUT2D eigenvalue weighted by Crippen LogP contribution is 2.21.